The van der Waals surface area contributed by atoms with Crippen molar-refractivity contribution in [1.29, 1.82) is 0 Å². The van der Waals surface area contributed by atoms with Gasteiger partial charge < -0.3 is 15.3 Å². The van der Waals surface area contributed by atoms with Gasteiger partial charge in [0.25, 0.3) is 5.56 Å². The Hall–Kier alpha value is -3.67. The SMILES string of the molecule is CC(Nc1ccccc1C(=O)O)c1cc(F)cc2c(=O)n(C)c(N3CCN(CC(F)(F)F)CC3)nc12. The van der Waals surface area contributed by atoms with E-state index in [1.807, 2.05) is 0 Å². The first-order valence-electron chi connectivity index (χ1n) is 11.3. The molecule has 1 aliphatic heterocycles. The Balaban J connectivity index is 1.70. The fraction of sp³-hybridized carbons (Fsp3) is 0.375. The maximum absolute atomic E-state index is 14.5. The lowest BCUT2D eigenvalue weighted by atomic mass is 10.0. The number of nitrogens with zero attached hydrogens (tertiary/aromatic N) is 4. The smallest absolute Gasteiger partial charge is 0.401 e. The van der Waals surface area contributed by atoms with Gasteiger partial charge in [-0.15, -0.1) is 0 Å². The number of anilines is 2. The molecule has 1 aromatic heterocycles. The number of aromatic nitrogens is 2. The standard InChI is InChI=1S/C24H25F4N5O3/c1-14(29-19-6-4-3-5-16(19)22(35)36)17-11-15(25)12-18-20(17)30-23(31(2)21(18)34)33-9-7-32(8-10-33)13-24(26,27)28/h3-6,11-12,14,29H,7-10,13H2,1-2H3,(H,35,36). The number of carboxylic acid groups (broad SMARTS) is 1. The van der Waals surface area contributed by atoms with E-state index in [2.05, 4.69) is 10.3 Å². The van der Waals surface area contributed by atoms with Gasteiger partial charge in [-0.25, -0.2) is 14.2 Å². The van der Waals surface area contributed by atoms with Crippen molar-refractivity contribution in [2.75, 3.05) is 42.9 Å². The van der Waals surface area contributed by atoms with Gasteiger partial charge in [-0.3, -0.25) is 14.3 Å². The van der Waals surface area contributed by atoms with E-state index in [4.69, 9.17) is 0 Å². The van der Waals surface area contributed by atoms with Crippen LogP contribution in [0.1, 0.15) is 28.9 Å². The molecule has 12 heteroatoms. The van der Waals surface area contributed by atoms with Crippen LogP contribution in [0.2, 0.25) is 0 Å². The summed E-state index contributed by atoms with van der Waals surface area (Å²) < 4.78 is 54.1. The molecule has 192 valence electrons. The van der Waals surface area contributed by atoms with Gasteiger partial charge in [0.15, 0.2) is 0 Å². The number of rotatable bonds is 6. The van der Waals surface area contributed by atoms with E-state index in [0.29, 0.717) is 11.3 Å². The Bertz CT molecular complexity index is 1350. The van der Waals surface area contributed by atoms with Crippen molar-refractivity contribution in [1.82, 2.24) is 14.5 Å². The fourth-order valence-electron chi connectivity index (χ4n) is 4.43. The van der Waals surface area contributed by atoms with Crippen LogP contribution in [0.15, 0.2) is 41.2 Å². The second-order valence-corrected chi connectivity index (χ2v) is 8.76. The molecule has 0 spiro atoms. The van der Waals surface area contributed by atoms with Crippen molar-refractivity contribution in [3.05, 3.63) is 63.7 Å². The third-order valence-electron chi connectivity index (χ3n) is 6.21. The lowest BCUT2D eigenvalue weighted by Gasteiger charge is -2.36. The van der Waals surface area contributed by atoms with Gasteiger partial charge in [0.2, 0.25) is 5.95 Å². The topological polar surface area (TPSA) is 90.7 Å². The number of hydrogen-bond acceptors (Lipinski definition) is 6. The van der Waals surface area contributed by atoms with Crippen LogP contribution in [-0.4, -0.2) is 64.4 Å². The first-order valence-corrected chi connectivity index (χ1v) is 11.3. The van der Waals surface area contributed by atoms with E-state index in [1.54, 1.807) is 30.0 Å². The van der Waals surface area contributed by atoms with Crippen LogP contribution in [0.5, 0.6) is 0 Å². The first-order chi connectivity index (χ1) is 16.9. The zero-order chi connectivity index (χ0) is 26.2. The van der Waals surface area contributed by atoms with Crippen LogP contribution in [0.25, 0.3) is 10.9 Å². The molecule has 0 bridgehead atoms. The van der Waals surface area contributed by atoms with Crippen molar-refractivity contribution < 1.29 is 27.5 Å². The Labute approximate surface area is 203 Å². The molecule has 1 aliphatic rings. The van der Waals surface area contributed by atoms with Gasteiger partial charge in [0.05, 0.1) is 29.1 Å². The van der Waals surface area contributed by atoms with E-state index in [-0.39, 0.29) is 48.6 Å². The second-order valence-electron chi connectivity index (χ2n) is 8.76. The summed E-state index contributed by atoms with van der Waals surface area (Å²) >= 11 is 0. The molecule has 8 nitrogen and oxygen atoms in total. The number of fused-ring (bicyclic) bond motifs is 1. The molecule has 1 fully saturated rings. The third-order valence-corrected chi connectivity index (χ3v) is 6.21. The van der Waals surface area contributed by atoms with Gasteiger partial charge >= 0.3 is 12.1 Å². The van der Waals surface area contributed by atoms with Crippen molar-refractivity contribution >= 4 is 28.5 Å². The molecule has 3 aromatic rings. The first kappa shape index (κ1) is 25.4. The zero-order valence-electron chi connectivity index (χ0n) is 19.6. The van der Waals surface area contributed by atoms with Gasteiger partial charge in [-0.1, -0.05) is 12.1 Å². The largest absolute Gasteiger partial charge is 0.478 e. The van der Waals surface area contributed by atoms with E-state index in [9.17, 15) is 32.3 Å². The highest BCUT2D eigenvalue weighted by Gasteiger charge is 2.33. The number of halogens is 4. The summed E-state index contributed by atoms with van der Waals surface area (Å²) in [5.41, 5.74) is 0.442. The maximum Gasteiger partial charge on any atom is 0.401 e. The summed E-state index contributed by atoms with van der Waals surface area (Å²) in [4.78, 5) is 32.4. The number of carboxylic acids is 1. The van der Waals surface area contributed by atoms with Crippen molar-refractivity contribution in [2.45, 2.75) is 19.1 Å². The quantitative estimate of drug-likeness (QED) is 0.493. The highest BCUT2D eigenvalue weighted by Crippen LogP contribution is 2.29. The van der Waals surface area contributed by atoms with Gasteiger partial charge in [-0.05, 0) is 31.2 Å². The Kier molecular flexibility index (Phi) is 6.90. The minimum atomic E-state index is -4.29. The van der Waals surface area contributed by atoms with E-state index in [0.717, 1.165) is 6.07 Å². The van der Waals surface area contributed by atoms with Crippen molar-refractivity contribution in [2.24, 2.45) is 7.05 Å². The van der Waals surface area contributed by atoms with Crippen LogP contribution >= 0.6 is 0 Å². The molecule has 0 radical (unpaired) electrons. The molecule has 1 saturated heterocycles. The summed E-state index contributed by atoms with van der Waals surface area (Å²) in [6.45, 7) is 1.45. The molecule has 1 unspecified atom stereocenters. The van der Waals surface area contributed by atoms with E-state index < -0.39 is 36.1 Å². The molecule has 36 heavy (non-hydrogen) atoms. The maximum atomic E-state index is 14.5. The number of alkyl halides is 3. The second kappa shape index (κ2) is 9.76. The predicted molar refractivity (Wildman–Crippen MR) is 127 cm³/mol. The minimum Gasteiger partial charge on any atom is -0.478 e. The predicted octanol–water partition coefficient (Wildman–Crippen LogP) is 3.63. The number of hydrogen-bond donors (Lipinski definition) is 2. The van der Waals surface area contributed by atoms with Crippen LogP contribution in [0, 0.1) is 5.82 Å². The number of para-hydroxylation sites is 1. The number of benzene rings is 2. The normalized spacial score (nSPS) is 15.8. The van der Waals surface area contributed by atoms with Crippen LogP contribution < -0.4 is 15.8 Å². The molecular weight excluding hydrogens is 482 g/mol. The van der Waals surface area contributed by atoms with Crippen molar-refractivity contribution in [3.63, 3.8) is 0 Å². The Morgan fingerprint density at radius 2 is 1.83 bits per heavy atom. The highest BCUT2D eigenvalue weighted by molar-refractivity contribution is 5.94. The number of piperazine rings is 1. The Morgan fingerprint density at radius 1 is 1.17 bits per heavy atom. The van der Waals surface area contributed by atoms with Gasteiger partial charge in [0.1, 0.15) is 5.82 Å². The van der Waals surface area contributed by atoms with Crippen LogP contribution in [0.4, 0.5) is 29.2 Å². The molecule has 2 heterocycles. The summed E-state index contributed by atoms with van der Waals surface area (Å²) in [5.74, 6) is -1.51. The lowest BCUT2D eigenvalue weighted by Crippen LogP contribution is -2.50. The average Bonchev–Trinajstić information content (AvgIpc) is 2.81. The number of nitrogens with one attached hydrogen (secondary N) is 1. The molecule has 0 aliphatic carbocycles. The van der Waals surface area contributed by atoms with Gasteiger partial charge in [0, 0.05) is 44.5 Å². The fourth-order valence-corrected chi connectivity index (χ4v) is 4.43. The molecule has 0 saturated carbocycles. The highest BCUT2D eigenvalue weighted by atomic mass is 19.4. The van der Waals surface area contributed by atoms with Crippen molar-refractivity contribution in [3.8, 4) is 0 Å². The molecule has 2 aromatic carbocycles. The summed E-state index contributed by atoms with van der Waals surface area (Å²) in [6, 6.07) is 7.97. The minimum absolute atomic E-state index is 0.0337. The number of aromatic carboxylic acids is 1. The zero-order valence-corrected chi connectivity index (χ0v) is 19.6. The summed E-state index contributed by atoms with van der Waals surface area (Å²) in [6.07, 6.45) is -4.29. The van der Waals surface area contributed by atoms with E-state index in [1.165, 1.54) is 28.6 Å². The molecule has 2 N–H and O–H groups in total. The van der Waals surface area contributed by atoms with Crippen LogP contribution in [-0.2, 0) is 7.05 Å². The molecular formula is C24H25F4N5O3. The van der Waals surface area contributed by atoms with E-state index >= 15 is 0 Å². The van der Waals surface area contributed by atoms with Crippen LogP contribution in [0.3, 0.4) is 0 Å². The lowest BCUT2D eigenvalue weighted by molar-refractivity contribution is -0.146. The molecule has 4 rings (SSSR count). The monoisotopic (exact) mass is 507 g/mol. The summed E-state index contributed by atoms with van der Waals surface area (Å²) in [5, 5.41) is 12.6. The molecule has 0 amide bonds. The third kappa shape index (κ3) is 5.27. The summed E-state index contributed by atoms with van der Waals surface area (Å²) in [7, 11) is 1.49. The average molecular weight is 507 g/mol. The molecule has 1 atom stereocenters. The number of carbonyl (C=O) groups is 1. The Morgan fingerprint density at radius 3 is 2.47 bits per heavy atom. The van der Waals surface area contributed by atoms with Gasteiger partial charge in [-0.2, -0.15) is 13.2 Å².